The molecule has 1 atom stereocenters. The molecule has 0 unspecified atom stereocenters. The number of hydrogen-bond donors (Lipinski definition) is 2. The molecule has 1 aromatic carbocycles. The highest BCUT2D eigenvalue weighted by Crippen LogP contribution is 2.26. The van der Waals surface area contributed by atoms with Crippen LogP contribution in [0.5, 0.6) is 0 Å². The number of allylic oxidation sites excluding steroid dienone is 2. The van der Waals surface area contributed by atoms with Crippen LogP contribution in [0.4, 0.5) is 5.13 Å². The lowest BCUT2D eigenvalue weighted by Gasteiger charge is -2.13. The third-order valence-corrected chi connectivity index (χ3v) is 4.54. The zero-order chi connectivity index (χ0) is 16.2. The van der Waals surface area contributed by atoms with Gasteiger partial charge in [0.25, 0.3) is 0 Å². The minimum absolute atomic E-state index is 0.0662. The SMILES string of the molecule is C/C(=N\Nc1nc(-c2ccc(Cl)cc2)cs1)C1=CC=C[C@H](N)C1. The largest absolute Gasteiger partial charge is 0.324 e. The highest BCUT2D eigenvalue weighted by atomic mass is 35.5. The summed E-state index contributed by atoms with van der Waals surface area (Å²) in [4.78, 5) is 4.54. The number of nitrogens with one attached hydrogen (secondary N) is 1. The molecule has 0 bridgehead atoms. The monoisotopic (exact) mass is 344 g/mol. The fourth-order valence-electron chi connectivity index (χ4n) is 2.25. The minimum Gasteiger partial charge on any atom is -0.324 e. The van der Waals surface area contributed by atoms with Crippen molar-refractivity contribution < 1.29 is 0 Å². The lowest BCUT2D eigenvalue weighted by molar-refractivity contribution is 0.809. The molecule has 3 rings (SSSR count). The van der Waals surface area contributed by atoms with Crippen LogP contribution in [0.25, 0.3) is 11.3 Å². The maximum absolute atomic E-state index is 5.93. The maximum Gasteiger partial charge on any atom is 0.203 e. The van der Waals surface area contributed by atoms with Gasteiger partial charge < -0.3 is 5.73 Å². The Bertz CT molecular complexity index is 774. The van der Waals surface area contributed by atoms with Crippen LogP contribution in [0.2, 0.25) is 5.02 Å². The fourth-order valence-corrected chi connectivity index (χ4v) is 3.04. The Morgan fingerprint density at radius 3 is 2.91 bits per heavy atom. The van der Waals surface area contributed by atoms with E-state index in [9.17, 15) is 0 Å². The van der Waals surface area contributed by atoms with Gasteiger partial charge in [-0.05, 0) is 31.1 Å². The van der Waals surface area contributed by atoms with Crippen molar-refractivity contribution in [2.75, 3.05) is 5.43 Å². The van der Waals surface area contributed by atoms with Gasteiger partial charge in [0.15, 0.2) is 0 Å². The van der Waals surface area contributed by atoms with E-state index in [1.54, 1.807) is 0 Å². The van der Waals surface area contributed by atoms with Crippen LogP contribution < -0.4 is 11.2 Å². The van der Waals surface area contributed by atoms with Crippen LogP contribution in [-0.2, 0) is 0 Å². The van der Waals surface area contributed by atoms with Gasteiger partial charge >= 0.3 is 0 Å². The molecule has 2 aromatic rings. The highest BCUT2D eigenvalue weighted by molar-refractivity contribution is 7.14. The summed E-state index contributed by atoms with van der Waals surface area (Å²) in [5, 5.41) is 7.88. The van der Waals surface area contributed by atoms with Gasteiger partial charge in [0.2, 0.25) is 5.13 Å². The molecule has 6 heteroatoms. The van der Waals surface area contributed by atoms with Crippen molar-refractivity contribution in [3.8, 4) is 11.3 Å². The number of thiazole rings is 1. The van der Waals surface area contributed by atoms with E-state index in [-0.39, 0.29) is 6.04 Å². The summed E-state index contributed by atoms with van der Waals surface area (Å²) in [6.07, 6.45) is 6.82. The van der Waals surface area contributed by atoms with Crippen molar-refractivity contribution in [1.82, 2.24) is 4.98 Å². The molecule has 0 aliphatic heterocycles. The molecule has 1 aromatic heterocycles. The van der Waals surface area contributed by atoms with Gasteiger partial charge in [0.1, 0.15) is 0 Å². The van der Waals surface area contributed by atoms with E-state index in [0.29, 0.717) is 0 Å². The first kappa shape index (κ1) is 15.9. The number of nitrogens with two attached hydrogens (primary N) is 1. The van der Waals surface area contributed by atoms with Crippen molar-refractivity contribution in [3.05, 3.63) is 58.5 Å². The molecule has 3 N–H and O–H groups in total. The maximum atomic E-state index is 5.93. The highest BCUT2D eigenvalue weighted by Gasteiger charge is 2.10. The van der Waals surface area contributed by atoms with Crippen LogP contribution in [-0.4, -0.2) is 16.7 Å². The van der Waals surface area contributed by atoms with Gasteiger partial charge in [-0.15, -0.1) is 11.3 Å². The van der Waals surface area contributed by atoms with Crippen LogP contribution in [0, 0.1) is 0 Å². The molecule has 0 saturated carbocycles. The lowest BCUT2D eigenvalue weighted by atomic mass is 9.98. The quantitative estimate of drug-likeness (QED) is 0.635. The second-order valence-electron chi connectivity index (χ2n) is 5.30. The minimum atomic E-state index is 0.0662. The van der Waals surface area contributed by atoms with Gasteiger partial charge in [0.05, 0.1) is 11.4 Å². The van der Waals surface area contributed by atoms with E-state index in [0.717, 1.165) is 39.1 Å². The Balaban J connectivity index is 1.69. The Labute approximate surface area is 144 Å². The third kappa shape index (κ3) is 4.07. The zero-order valence-corrected chi connectivity index (χ0v) is 14.2. The van der Waals surface area contributed by atoms with Crippen LogP contribution in [0.3, 0.4) is 0 Å². The number of hydrogen-bond acceptors (Lipinski definition) is 5. The summed E-state index contributed by atoms with van der Waals surface area (Å²) in [5.41, 5.74) is 13.0. The van der Waals surface area contributed by atoms with E-state index < -0.39 is 0 Å². The molecule has 1 aliphatic rings. The molecular formula is C17H17ClN4S. The second-order valence-corrected chi connectivity index (χ2v) is 6.59. The van der Waals surface area contributed by atoms with Crippen LogP contribution >= 0.6 is 22.9 Å². The average molecular weight is 345 g/mol. The molecule has 0 radical (unpaired) electrons. The normalized spacial score (nSPS) is 18.0. The summed E-state index contributed by atoms with van der Waals surface area (Å²) in [6.45, 7) is 1.97. The summed E-state index contributed by atoms with van der Waals surface area (Å²) < 4.78 is 0. The molecule has 1 aliphatic carbocycles. The fraction of sp³-hybridized carbons (Fsp3) is 0.176. The number of anilines is 1. The first-order chi connectivity index (χ1) is 11.1. The molecule has 23 heavy (non-hydrogen) atoms. The lowest BCUT2D eigenvalue weighted by Crippen LogP contribution is -2.21. The van der Waals surface area contributed by atoms with Crippen molar-refractivity contribution in [3.63, 3.8) is 0 Å². The molecule has 0 saturated heterocycles. The summed E-state index contributed by atoms with van der Waals surface area (Å²) in [5.74, 6) is 0. The molecule has 0 amide bonds. The van der Waals surface area contributed by atoms with E-state index in [4.69, 9.17) is 17.3 Å². The first-order valence-corrected chi connectivity index (χ1v) is 8.52. The Morgan fingerprint density at radius 1 is 1.39 bits per heavy atom. The standard InChI is InChI=1S/C17H17ClN4S/c1-11(13-3-2-4-15(19)9-13)21-22-17-20-16(10-23-17)12-5-7-14(18)8-6-12/h2-8,10,15H,9,19H2,1H3,(H,20,22)/b21-11+/t15-/m0/s1. The number of halogens is 1. The molecule has 1 heterocycles. The molecule has 118 valence electrons. The summed E-state index contributed by atoms with van der Waals surface area (Å²) in [6, 6.07) is 7.69. The van der Waals surface area contributed by atoms with Crippen molar-refractivity contribution in [2.24, 2.45) is 10.8 Å². The Morgan fingerprint density at radius 2 is 2.17 bits per heavy atom. The second kappa shape index (κ2) is 7.08. The summed E-state index contributed by atoms with van der Waals surface area (Å²) >= 11 is 7.42. The van der Waals surface area contributed by atoms with E-state index in [1.807, 2.05) is 54.8 Å². The van der Waals surface area contributed by atoms with E-state index in [1.165, 1.54) is 11.3 Å². The van der Waals surface area contributed by atoms with Gasteiger partial charge in [-0.25, -0.2) is 4.98 Å². The van der Waals surface area contributed by atoms with Crippen molar-refractivity contribution in [1.29, 1.82) is 0 Å². The summed E-state index contributed by atoms with van der Waals surface area (Å²) in [7, 11) is 0. The van der Waals surface area contributed by atoms with Crippen LogP contribution in [0.1, 0.15) is 13.3 Å². The molecule has 4 nitrogen and oxygen atoms in total. The number of hydrazone groups is 1. The van der Waals surface area contributed by atoms with Crippen molar-refractivity contribution in [2.45, 2.75) is 19.4 Å². The van der Waals surface area contributed by atoms with Gasteiger partial charge in [-0.3, -0.25) is 5.43 Å². The Hall–Kier alpha value is -1.95. The Kier molecular flexibility index (Phi) is 4.91. The average Bonchev–Trinajstić information content (AvgIpc) is 3.02. The van der Waals surface area contributed by atoms with Crippen molar-refractivity contribution >= 4 is 33.8 Å². The zero-order valence-electron chi connectivity index (χ0n) is 12.7. The first-order valence-electron chi connectivity index (χ1n) is 7.27. The van der Waals surface area contributed by atoms with Gasteiger partial charge in [-0.2, -0.15) is 5.10 Å². The molecule has 0 fully saturated rings. The third-order valence-electron chi connectivity index (χ3n) is 3.54. The van der Waals surface area contributed by atoms with E-state index >= 15 is 0 Å². The smallest absolute Gasteiger partial charge is 0.203 e. The topological polar surface area (TPSA) is 63.3 Å². The predicted octanol–water partition coefficient (Wildman–Crippen LogP) is 4.46. The van der Waals surface area contributed by atoms with Gasteiger partial charge in [-0.1, -0.05) is 42.0 Å². The van der Waals surface area contributed by atoms with E-state index in [2.05, 4.69) is 15.5 Å². The number of nitrogens with zero attached hydrogens (tertiary/aromatic N) is 2. The van der Waals surface area contributed by atoms with Crippen LogP contribution in [0.15, 0.2) is 58.5 Å². The number of benzene rings is 1. The van der Waals surface area contributed by atoms with Gasteiger partial charge in [0, 0.05) is 22.0 Å². The number of rotatable bonds is 4. The number of aromatic nitrogens is 1. The predicted molar refractivity (Wildman–Crippen MR) is 99.1 cm³/mol. The molecular weight excluding hydrogens is 328 g/mol. The molecule has 0 spiro atoms.